The second kappa shape index (κ2) is 15.6. The number of nitrogen functional groups attached to an aromatic ring is 1. The Morgan fingerprint density at radius 2 is 1.49 bits per heavy atom. The van der Waals surface area contributed by atoms with Crippen LogP contribution in [-0.4, -0.2) is 101 Å². The zero-order valence-corrected chi connectivity index (χ0v) is 28.5. The van der Waals surface area contributed by atoms with Crippen molar-refractivity contribution in [1.29, 1.82) is 0 Å². The monoisotopic (exact) mass is 703 g/mol. The summed E-state index contributed by atoms with van der Waals surface area (Å²) in [6, 6.07) is 14.3. The van der Waals surface area contributed by atoms with E-state index in [1.165, 1.54) is 28.6 Å². The van der Waals surface area contributed by atoms with Crippen molar-refractivity contribution >= 4 is 28.0 Å². The van der Waals surface area contributed by atoms with Gasteiger partial charge in [0.05, 0.1) is 55.7 Å². The summed E-state index contributed by atoms with van der Waals surface area (Å²) in [7, 11) is -4.11. The topological polar surface area (TPSA) is 174 Å². The van der Waals surface area contributed by atoms with Gasteiger partial charge in [-0.05, 0) is 55.0 Å². The molecule has 268 valence electrons. The molecule has 14 nitrogen and oxygen atoms in total. The van der Waals surface area contributed by atoms with Gasteiger partial charge in [-0.2, -0.15) is 4.31 Å². The summed E-state index contributed by atoms with van der Waals surface area (Å²) in [6.07, 6.45) is -3.42. The van der Waals surface area contributed by atoms with E-state index >= 15 is 0 Å². The second-order valence-electron chi connectivity index (χ2n) is 13.3. The van der Waals surface area contributed by atoms with Crippen molar-refractivity contribution in [3.8, 4) is 0 Å². The first-order valence-corrected chi connectivity index (χ1v) is 18.2. The summed E-state index contributed by atoms with van der Waals surface area (Å²) in [5, 5.41) is 2.89. The molecule has 0 aliphatic carbocycles. The van der Waals surface area contributed by atoms with Gasteiger partial charge in [-0.15, -0.1) is 0 Å². The molecule has 4 aliphatic rings. The van der Waals surface area contributed by atoms with Gasteiger partial charge in [0.15, 0.2) is 12.6 Å². The zero-order chi connectivity index (χ0) is 34.5. The Morgan fingerprint density at radius 3 is 2.10 bits per heavy atom. The average Bonchev–Trinajstić information content (AvgIpc) is 3.86. The molecule has 4 saturated heterocycles. The van der Waals surface area contributed by atoms with Crippen molar-refractivity contribution < 1.29 is 51.2 Å². The molecule has 8 atom stereocenters. The predicted octanol–water partition coefficient (Wildman–Crippen LogP) is 3.30. The Morgan fingerprint density at radius 1 is 0.878 bits per heavy atom. The number of carbonyl (C=O) groups excluding carboxylic acids is 2. The van der Waals surface area contributed by atoms with Crippen molar-refractivity contribution in [3.05, 3.63) is 60.2 Å². The summed E-state index contributed by atoms with van der Waals surface area (Å²) >= 11 is 0. The molecule has 2 aromatic rings. The fourth-order valence-electron chi connectivity index (χ4n) is 6.75. The minimum absolute atomic E-state index is 0.0283. The largest absolute Gasteiger partial charge is 0.509 e. The summed E-state index contributed by atoms with van der Waals surface area (Å²) < 4.78 is 69.4. The first kappa shape index (κ1) is 35.4. The third-order valence-corrected chi connectivity index (χ3v) is 11.1. The number of hydrogen-bond acceptors (Lipinski definition) is 12. The Labute approximate surface area is 286 Å². The van der Waals surface area contributed by atoms with Gasteiger partial charge >= 0.3 is 12.2 Å². The van der Waals surface area contributed by atoms with Crippen molar-refractivity contribution in [1.82, 2.24) is 9.62 Å². The summed E-state index contributed by atoms with van der Waals surface area (Å²) in [5.74, 6) is -0.330. The maximum atomic E-state index is 14.1. The van der Waals surface area contributed by atoms with Gasteiger partial charge in [0, 0.05) is 12.2 Å². The van der Waals surface area contributed by atoms with E-state index in [0.29, 0.717) is 31.7 Å². The fraction of sp³-hybridized carbons (Fsp3) is 0.588. The van der Waals surface area contributed by atoms with Gasteiger partial charge in [-0.1, -0.05) is 44.2 Å². The van der Waals surface area contributed by atoms with Crippen LogP contribution in [0.2, 0.25) is 0 Å². The minimum Gasteiger partial charge on any atom is -0.443 e. The maximum absolute atomic E-state index is 14.1. The molecule has 0 spiro atoms. The number of amides is 1. The third-order valence-electron chi connectivity index (χ3n) is 9.24. The molecular weight excluding hydrogens is 658 g/mol. The third kappa shape index (κ3) is 8.64. The average molecular weight is 704 g/mol. The van der Waals surface area contributed by atoms with Gasteiger partial charge < -0.3 is 44.2 Å². The maximum Gasteiger partial charge on any atom is 0.509 e. The molecule has 4 fully saturated rings. The molecule has 15 heteroatoms. The Bertz CT molecular complexity index is 1530. The lowest BCUT2D eigenvalue weighted by Gasteiger charge is -2.33. The standard InChI is InChI=1S/C34H45N3O11S/c1-21(2)17-37(49(40,41)24-10-8-23(35)9-11-24)18-28(47-34(39)48-30-20-45-32-26(30)13-15-43-32)27(16-22-6-4-3-5-7-22)36-33(38)46-29-19-44-31-25(29)12-14-42-31/h3-11,21,25-32H,12-20,35H2,1-2H3,(H,36,38)/t25-,26+,27-,28+,29-,30+,31+,32-/m0/s1. The quantitative estimate of drug-likeness (QED) is 0.231. The Kier molecular flexibility index (Phi) is 11.3. The fourth-order valence-corrected chi connectivity index (χ4v) is 8.37. The van der Waals surface area contributed by atoms with Crippen LogP contribution in [0.5, 0.6) is 0 Å². The van der Waals surface area contributed by atoms with Crippen LogP contribution in [0.4, 0.5) is 15.3 Å². The first-order valence-electron chi connectivity index (χ1n) is 16.8. The highest BCUT2D eigenvalue weighted by molar-refractivity contribution is 7.89. The molecule has 0 bridgehead atoms. The number of sulfonamides is 1. The van der Waals surface area contributed by atoms with E-state index in [9.17, 15) is 18.0 Å². The van der Waals surface area contributed by atoms with Crippen LogP contribution < -0.4 is 11.1 Å². The zero-order valence-electron chi connectivity index (χ0n) is 27.7. The number of alkyl carbamates (subject to hydrolysis) is 1. The molecule has 0 saturated carbocycles. The van der Waals surface area contributed by atoms with Crippen molar-refractivity contribution in [2.24, 2.45) is 17.8 Å². The number of ether oxygens (including phenoxy) is 7. The van der Waals surface area contributed by atoms with Crippen molar-refractivity contribution in [3.63, 3.8) is 0 Å². The number of nitrogens with one attached hydrogen (secondary N) is 1. The van der Waals surface area contributed by atoms with Crippen LogP contribution in [0.25, 0.3) is 0 Å². The molecule has 6 rings (SSSR count). The molecule has 0 radical (unpaired) electrons. The molecule has 1 amide bonds. The van der Waals surface area contributed by atoms with Crippen LogP contribution in [0, 0.1) is 17.8 Å². The highest BCUT2D eigenvalue weighted by Crippen LogP contribution is 2.34. The van der Waals surface area contributed by atoms with Gasteiger partial charge in [0.1, 0.15) is 18.3 Å². The summed E-state index contributed by atoms with van der Waals surface area (Å²) in [6.45, 7) is 4.92. The van der Waals surface area contributed by atoms with Gasteiger partial charge in [0.25, 0.3) is 0 Å². The highest BCUT2D eigenvalue weighted by Gasteiger charge is 2.46. The minimum atomic E-state index is -4.11. The molecule has 4 heterocycles. The lowest BCUT2D eigenvalue weighted by atomic mass is 10.0. The molecule has 0 aromatic heterocycles. The number of anilines is 1. The van der Waals surface area contributed by atoms with E-state index in [0.717, 1.165) is 5.56 Å². The SMILES string of the molecule is CC(C)CN(C[C@@H](OC(=O)O[C@@H]1CO[C@@H]2OCC[C@@H]21)[C@H](Cc1ccccc1)NC(=O)O[C@H]1CO[C@H]2OCC[C@H]21)S(=O)(=O)c1ccc(N)cc1. The number of fused-ring (bicyclic) bond motifs is 2. The van der Waals surface area contributed by atoms with E-state index in [1.54, 1.807) is 0 Å². The van der Waals surface area contributed by atoms with Crippen LogP contribution in [0.3, 0.4) is 0 Å². The van der Waals surface area contributed by atoms with Crippen LogP contribution in [0.1, 0.15) is 32.3 Å². The van der Waals surface area contributed by atoms with Gasteiger partial charge in [-0.3, -0.25) is 0 Å². The number of hydrogen-bond donors (Lipinski definition) is 2. The number of benzene rings is 2. The lowest BCUT2D eigenvalue weighted by molar-refractivity contribution is -0.0910. The number of nitrogens with zero attached hydrogens (tertiary/aromatic N) is 1. The Hall–Kier alpha value is -3.47. The predicted molar refractivity (Wildman–Crippen MR) is 175 cm³/mol. The van der Waals surface area contributed by atoms with Crippen LogP contribution in [-0.2, 0) is 49.6 Å². The smallest absolute Gasteiger partial charge is 0.443 e. The number of nitrogens with two attached hydrogens (primary N) is 1. The van der Waals surface area contributed by atoms with E-state index in [4.69, 9.17) is 38.9 Å². The molecule has 2 aromatic carbocycles. The van der Waals surface area contributed by atoms with Gasteiger partial charge in [-0.25, -0.2) is 18.0 Å². The van der Waals surface area contributed by atoms with Crippen molar-refractivity contribution in [2.45, 2.75) is 74.9 Å². The normalized spacial score (nSPS) is 27.4. The highest BCUT2D eigenvalue weighted by atomic mass is 32.2. The first-order chi connectivity index (χ1) is 23.6. The van der Waals surface area contributed by atoms with E-state index < -0.39 is 59.2 Å². The molecule has 3 N–H and O–H groups in total. The molecular formula is C34H45N3O11S. The van der Waals surface area contributed by atoms with Crippen LogP contribution >= 0.6 is 0 Å². The molecule has 4 aliphatic heterocycles. The Balaban J connectivity index is 1.28. The molecule has 0 unspecified atom stereocenters. The number of carbonyl (C=O) groups is 2. The lowest BCUT2D eigenvalue weighted by Crippen LogP contribution is -2.53. The second-order valence-corrected chi connectivity index (χ2v) is 15.2. The van der Waals surface area contributed by atoms with E-state index in [2.05, 4.69) is 5.32 Å². The van der Waals surface area contributed by atoms with E-state index in [1.807, 2.05) is 44.2 Å². The summed E-state index contributed by atoms with van der Waals surface area (Å²) in [5.41, 5.74) is 7.07. The molecule has 49 heavy (non-hydrogen) atoms. The van der Waals surface area contributed by atoms with E-state index in [-0.39, 0.29) is 55.4 Å². The number of rotatable bonds is 13. The summed E-state index contributed by atoms with van der Waals surface area (Å²) in [4.78, 5) is 27.1. The van der Waals surface area contributed by atoms with Crippen LogP contribution in [0.15, 0.2) is 59.5 Å². The van der Waals surface area contributed by atoms with Gasteiger partial charge in [0.2, 0.25) is 10.0 Å². The van der Waals surface area contributed by atoms with Crippen molar-refractivity contribution in [2.75, 3.05) is 45.3 Å².